The molecule has 2 rings (SSSR count). The molecule has 0 aromatic heterocycles. The molecular weight excluding hydrogens is 248 g/mol. The predicted octanol–water partition coefficient (Wildman–Crippen LogP) is 0.650. The van der Waals surface area contributed by atoms with Crippen LogP contribution >= 0.6 is 0 Å². The monoisotopic (exact) mass is 270 g/mol. The fourth-order valence-electron chi connectivity index (χ4n) is 3.08. The average Bonchev–Trinajstić information content (AvgIpc) is 2.87. The van der Waals surface area contributed by atoms with Crippen LogP contribution in [0.5, 0.6) is 0 Å². The molecule has 108 valence electrons. The standard InChI is InChI=1S/C13H22N2O4/c1-7-3-4-10(8(7)2)14-13(19)15-6-9(16)5-11(15)12(17)18/h7-11,16H,3-6H2,1-2H3,(H,14,19)(H,17,18)/t7?,8?,9-,10?,11+/m1/s1. The van der Waals surface area contributed by atoms with Crippen LogP contribution in [0.25, 0.3) is 0 Å². The van der Waals surface area contributed by atoms with Crippen molar-refractivity contribution in [3.05, 3.63) is 0 Å². The van der Waals surface area contributed by atoms with E-state index in [4.69, 9.17) is 5.11 Å². The first-order valence-corrected chi connectivity index (χ1v) is 6.88. The summed E-state index contributed by atoms with van der Waals surface area (Å²) in [7, 11) is 0. The zero-order chi connectivity index (χ0) is 14.2. The molecule has 0 bridgehead atoms. The van der Waals surface area contributed by atoms with Crippen LogP contribution in [0.3, 0.4) is 0 Å². The van der Waals surface area contributed by atoms with Crippen molar-refractivity contribution in [2.24, 2.45) is 11.8 Å². The van der Waals surface area contributed by atoms with E-state index in [0.717, 1.165) is 12.8 Å². The van der Waals surface area contributed by atoms with Crippen molar-refractivity contribution in [1.82, 2.24) is 10.2 Å². The average molecular weight is 270 g/mol. The summed E-state index contributed by atoms with van der Waals surface area (Å²) in [5.74, 6) is -0.0796. The van der Waals surface area contributed by atoms with Crippen molar-refractivity contribution in [3.63, 3.8) is 0 Å². The van der Waals surface area contributed by atoms with Gasteiger partial charge in [0.25, 0.3) is 0 Å². The summed E-state index contributed by atoms with van der Waals surface area (Å²) < 4.78 is 0. The first-order chi connectivity index (χ1) is 8.90. The Labute approximate surface area is 112 Å². The number of β-amino-alcohol motifs (C(OH)–C–C–N with tert-alkyl or cyclic N) is 1. The van der Waals surface area contributed by atoms with E-state index in [-0.39, 0.29) is 25.0 Å². The predicted molar refractivity (Wildman–Crippen MR) is 68.6 cm³/mol. The second-order valence-corrected chi connectivity index (χ2v) is 5.87. The number of nitrogens with one attached hydrogen (secondary N) is 1. The maximum atomic E-state index is 12.2. The Morgan fingerprint density at radius 1 is 1.26 bits per heavy atom. The highest BCUT2D eigenvalue weighted by Gasteiger charge is 2.40. The lowest BCUT2D eigenvalue weighted by Crippen LogP contribution is -2.50. The first kappa shape index (κ1) is 14.1. The lowest BCUT2D eigenvalue weighted by molar-refractivity contribution is -0.141. The van der Waals surface area contributed by atoms with E-state index >= 15 is 0 Å². The van der Waals surface area contributed by atoms with Gasteiger partial charge in [-0.15, -0.1) is 0 Å². The number of aliphatic hydroxyl groups is 1. The third-order valence-corrected chi connectivity index (χ3v) is 4.60. The van der Waals surface area contributed by atoms with E-state index in [1.807, 2.05) is 0 Å². The maximum Gasteiger partial charge on any atom is 0.326 e. The molecule has 6 heteroatoms. The Balaban J connectivity index is 1.97. The van der Waals surface area contributed by atoms with Crippen LogP contribution in [0.15, 0.2) is 0 Å². The Kier molecular flexibility index (Phi) is 3.99. The van der Waals surface area contributed by atoms with Gasteiger partial charge in [0, 0.05) is 19.0 Å². The Morgan fingerprint density at radius 3 is 2.47 bits per heavy atom. The van der Waals surface area contributed by atoms with Gasteiger partial charge in [-0.05, 0) is 24.7 Å². The molecule has 19 heavy (non-hydrogen) atoms. The summed E-state index contributed by atoms with van der Waals surface area (Å²) in [6, 6.07) is -1.17. The summed E-state index contributed by atoms with van der Waals surface area (Å²) in [5.41, 5.74) is 0. The first-order valence-electron chi connectivity index (χ1n) is 6.88. The molecule has 0 spiro atoms. The smallest absolute Gasteiger partial charge is 0.326 e. The minimum absolute atomic E-state index is 0.0967. The van der Waals surface area contributed by atoms with Gasteiger partial charge in [-0.3, -0.25) is 0 Å². The van der Waals surface area contributed by atoms with E-state index in [2.05, 4.69) is 19.2 Å². The fourth-order valence-corrected chi connectivity index (χ4v) is 3.08. The molecule has 1 aliphatic carbocycles. The minimum atomic E-state index is -1.06. The molecule has 0 aromatic rings. The zero-order valence-electron chi connectivity index (χ0n) is 11.4. The Bertz CT molecular complexity index is 374. The molecule has 3 unspecified atom stereocenters. The Morgan fingerprint density at radius 2 is 1.95 bits per heavy atom. The third kappa shape index (κ3) is 2.83. The summed E-state index contributed by atoms with van der Waals surface area (Å²) >= 11 is 0. The number of urea groups is 1. The molecule has 2 amide bonds. The summed E-state index contributed by atoms with van der Waals surface area (Å²) in [5, 5.41) is 21.5. The topological polar surface area (TPSA) is 89.9 Å². The minimum Gasteiger partial charge on any atom is -0.480 e. The number of carboxylic acids is 1. The number of carboxylic acid groups (broad SMARTS) is 1. The van der Waals surface area contributed by atoms with E-state index in [0.29, 0.717) is 11.8 Å². The number of aliphatic hydroxyl groups excluding tert-OH is 1. The van der Waals surface area contributed by atoms with Gasteiger partial charge in [0.1, 0.15) is 6.04 Å². The molecule has 1 saturated carbocycles. The number of amides is 2. The van der Waals surface area contributed by atoms with Gasteiger partial charge >= 0.3 is 12.0 Å². The van der Waals surface area contributed by atoms with E-state index in [1.54, 1.807) is 0 Å². The fraction of sp³-hybridized carbons (Fsp3) is 0.846. The SMILES string of the molecule is CC1CCC(NC(=O)N2C[C@H](O)C[C@H]2C(=O)O)C1C. The third-order valence-electron chi connectivity index (χ3n) is 4.60. The molecule has 1 heterocycles. The quantitative estimate of drug-likeness (QED) is 0.687. The second kappa shape index (κ2) is 5.36. The highest BCUT2D eigenvalue weighted by molar-refractivity contribution is 5.83. The summed E-state index contributed by atoms with van der Waals surface area (Å²) in [4.78, 5) is 24.5. The van der Waals surface area contributed by atoms with Gasteiger partial charge in [0.2, 0.25) is 0 Å². The Hall–Kier alpha value is -1.30. The summed E-state index contributed by atoms with van der Waals surface area (Å²) in [6.45, 7) is 4.37. The number of carbonyl (C=O) groups excluding carboxylic acids is 1. The number of hydrogen-bond acceptors (Lipinski definition) is 3. The molecule has 5 atom stereocenters. The number of hydrogen-bond donors (Lipinski definition) is 3. The van der Waals surface area contributed by atoms with Gasteiger partial charge in [-0.1, -0.05) is 13.8 Å². The molecule has 2 aliphatic rings. The molecule has 0 aromatic carbocycles. The van der Waals surface area contributed by atoms with Crippen LogP contribution in [0.2, 0.25) is 0 Å². The van der Waals surface area contributed by atoms with E-state index < -0.39 is 18.1 Å². The van der Waals surface area contributed by atoms with Crippen LogP contribution in [0.1, 0.15) is 33.1 Å². The van der Waals surface area contributed by atoms with Crippen molar-refractivity contribution in [2.45, 2.75) is 51.3 Å². The van der Waals surface area contributed by atoms with Crippen molar-refractivity contribution < 1.29 is 19.8 Å². The van der Waals surface area contributed by atoms with Gasteiger partial charge in [0.15, 0.2) is 0 Å². The second-order valence-electron chi connectivity index (χ2n) is 5.87. The van der Waals surface area contributed by atoms with Crippen LogP contribution in [-0.2, 0) is 4.79 Å². The normalized spacial score (nSPS) is 38.5. The molecule has 0 radical (unpaired) electrons. The number of likely N-dealkylation sites (tertiary alicyclic amines) is 1. The van der Waals surface area contributed by atoms with Crippen molar-refractivity contribution in [1.29, 1.82) is 0 Å². The van der Waals surface area contributed by atoms with Crippen LogP contribution < -0.4 is 5.32 Å². The van der Waals surface area contributed by atoms with Crippen molar-refractivity contribution in [3.8, 4) is 0 Å². The molecule has 6 nitrogen and oxygen atoms in total. The van der Waals surface area contributed by atoms with Crippen molar-refractivity contribution in [2.75, 3.05) is 6.54 Å². The molecule has 3 N–H and O–H groups in total. The van der Waals surface area contributed by atoms with Crippen molar-refractivity contribution >= 4 is 12.0 Å². The lowest BCUT2D eigenvalue weighted by Gasteiger charge is -2.26. The maximum absolute atomic E-state index is 12.2. The molecule has 1 aliphatic heterocycles. The zero-order valence-corrected chi connectivity index (χ0v) is 11.4. The number of carbonyl (C=O) groups is 2. The number of rotatable bonds is 2. The van der Waals surface area contributed by atoms with E-state index in [1.165, 1.54) is 4.90 Å². The summed E-state index contributed by atoms with van der Waals surface area (Å²) in [6.07, 6.45) is 1.38. The van der Waals surface area contributed by atoms with Crippen LogP contribution in [-0.4, -0.2) is 51.8 Å². The van der Waals surface area contributed by atoms with E-state index in [9.17, 15) is 14.7 Å². The van der Waals surface area contributed by atoms with Gasteiger partial charge in [-0.2, -0.15) is 0 Å². The number of nitrogens with zero attached hydrogens (tertiary/aromatic N) is 1. The largest absolute Gasteiger partial charge is 0.480 e. The molecule has 1 saturated heterocycles. The van der Waals surface area contributed by atoms with Crippen LogP contribution in [0.4, 0.5) is 4.79 Å². The van der Waals surface area contributed by atoms with Gasteiger partial charge < -0.3 is 20.4 Å². The number of aliphatic carboxylic acids is 1. The highest BCUT2D eigenvalue weighted by Crippen LogP contribution is 2.31. The molecule has 2 fully saturated rings. The van der Waals surface area contributed by atoms with Crippen LogP contribution in [0, 0.1) is 11.8 Å². The lowest BCUT2D eigenvalue weighted by atomic mass is 9.98. The molecular formula is C13H22N2O4. The van der Waals surface area contributed by atoms with Gasteiger partial charge in [-0.25, -0.2) is 9.59 Å². The van der Waals surface area contributed by atoms with Gasteiger partial charge in [0.05, 0.1) is 6.10 Å². The highest BCUT2D eigenvalue weighted by atomic mass is 16.4.